The highest BCUT2D eigenvalue weighted by atomic mass is 19.4. The molecule has 0 unspecified atom stereocenters. The van der Waals surface area contributed by atoms with Crippen molar-refractivity contribution in [1.82, 2.24) is 15.6 Å². The van der Waals surface area contributed by atoms with E-state index in [-0.39, 0.29) is 19.0 Å². The third-order valence-electron chi connectivity index (χ3n) is 2.64. The molecule has 2 N–H and O–H groups in total. The van der Waals surface area contributed by atoms with Gasteiger partial charge >= 0.3 is 12.2 Å². The van der Waals surface area contributed by atoms with Crippen molar-refractivity contribution >= 4 is 6.03 Å². The van der Waals surface area contributed by atoms with E-state index in [0.717, 1.165) is 0 Å². The maximum atomic E-state index is 12.1. The Hall–Kier alpha value is -2.71. The highest BCUT2D eigenvalue weighted by Gasteiger charge is 2.28. The number of pyridine rings is 1. The summed E-state index contributed by atoms with van der Waals surface area (Å²) < 4.78 is 45.8. The predicted molar refractivity (Wildman–Crippen MR) is 73.6 cm³/mol. The highest BCUT2D eigenvalue weighted by molar-refractivity contribution is 5.73. The van der Waals surface area contributed by atoms with Crippen LogP contribution in [0.5, 0.6) is 5.88 Å². The van der Waals surface area contributed by atoms with E-state index >= 15 is 0 Å². The van der Waals surface area contributed by atoms with E-state index < -0.39 is 18.8 Å². The Balaban J connectivity index is 1.77. The van der Waals surface area contributed by atoms with Gasteiger partial charge in [0.25, 0.3) is 0 Å². The molecule has 0 saturated carbocycles. The fraction of sp³-hybridized carbons (Fsp3) is 0.286. The minimum absolute atomic E-state index is 0.120. The molecule has 0 aliphatic rings. The van der Waals surface area contributed by atoms with Crippen LogP contribution < -0.4 is 15.4 Å². The first-order valence-corrected chi connectivity index (χ1v) is 6.61. The second-order valence-corrected chi connectivity index (χ2v) is 4.52. The number of rotatable bonds is 6. The fourth-order valence-corrected chi connectivity index (χ4v) is 1.62. The topological polar surface area (TPSA) is 76.4 Å². The molecule has 0 aliphatic heterocycles. The van der Waals surface area contributed by atoms with Gasteiger partial charge in [-0.2, -0.15) is 13.2 Å². The van der Waals surface area contributed by atoms with Crippen molar-refractivity contribution in [2.45, 2.75) is 19.3 Å². The molecule has 0 bridgehead atoms. The van der Waals surface area contributed by atoms with E-state index in [4.69, 9.17) is 4.42 Å². The van der Waals surface area contributed by atoms with Crippen molar-refractivity contribution < 1.29 is 27.1 Å². The molecule has 0 aliphatic carbocycles. The first kappa shape index (κ1) is 16.7. The maximum Gasteiger partial charge on any atom is 0.422 e. The number of nitrogens with one attached hydrogen (secondary N) is 2. The van der Waals surface area contributed by atoms with Gasteiger partial charge in [-0.25, -0.2) is 9.78 Å². The molecule has 9 heteroatoms. The Labute approximate surface area is 129 Å². The molecular formula is C14H14F3N3O3. The minimum atomic E-state index is -4.43. The second-order valence-electron chi connectivity index (χ2n) is 4.52. The number of carbonyl (C=O) groups is 1. The number of aromatic nitrogens is 1. The van der Waals surface area contributed by atoms with Crippen molar-refractivity contribution in [3.8, 4) is 5.88 Å². The van der Waals surface area contributed by atoms with Crippen LogP contribution >= 0.6 is 0 Å². The SMILES string of the molecule is O=C(NCc1ccnc(OCC(F)(F)F)c1)NCc1ccco1. The normalized spacial score (nSPS) is 11.1. The smallest absolute Gasteiger partial charge is 0.422 e. The Bertz CT molecular complexity index is 630. The Morgan fingerprint density at radius 3 is 2.74 bits per heavy atom. The van der Waals surface area contributed by atoms with Gasteiger partial charge in [-0.1, -0.05) is 0 Å². The summed E-state index contributed by atoms with van der Waals surface area (Å²) in [6.07, 6.45) is -1.63. The van der Waals surface area contributed by atoms with Gasteiger partial charge in [0.1, 0.15) is 5.76 Å². The second kappa shape index (κ2) is 7.52. The van der Waals surface area contributed by atoms with Gasteiger partial charge in [-0.3, -0.25) is 0 Å². The first-order valence-electron chi connectivity index (χ1n) is 6.61. The van der Waals surface area contributed by atoms with Crippen LogP contribution in [0.4, 0.5) is 18.0 Å². The minimum Gasteiger partial charge on any atom is -0.468 e. The van der Waals surface area contributed by atoms with E-state index in [9.17, 15) is 18.0 Å². The molecule has 0 aromatic carbocycles. The number of amides is 2. The van der Waals surface area contributed by atoms with Gasteiger partial charge in [-0.15, -0.1) is 0 Å². The lowest BCUT2D eigenvalue weighted by atomic mass is 10.2. The van der Waals surface area contributed by atoms with Crippen LogP contribution in [0, 0.1) is 0 Å². The number of urea groups is 1. The van der Waals surface area contributed by atoms with Gasteiger partial charge in [0.15, 0.2) is 6.61 Å². The van der Waals surface area contributed by atoms with Gasteiger partial charge < -0.3 is 19.8 Å². The molecule has 2 aromatic rings. The number of ether oxygens (including phenoxy) is 1. The molecule has 23 heavy (non-hydrogen) atoms. The van der Waals surface area contributed by atoms with Crippen molar-refractivity contribution in [2.75, 3.05) is 6.61 Å². The molecular weight excluding hydrogens is 315 g/mol. The number of hydrogen-bond donors (Lipinski definition) is 2. The van der Waals surface area contributed by atoms with Gasteiger partial charge in [0, 0.05) is 18.8 Å². The Morgan fingerprint density at radius 2 is 2.04 bits per heavy atom. The quantitative estimate of drug-likeness (QED) is 0.854. The molecule has 2 heterocycles. The summed E-state index contributed by atoms with van der Waals surface area (Å²) >= 11 is 0. The van der Waals surface area contributed by atoms with Gasteiger partial charge in [0.05, 0.1) is 12.8 Å². The van der Waals surface area contributed by atoms with Crippen molar-refractivity contribution in [2.24, 2.45) is 0 Å². The van der Waals surface area contributed by atoms with Crippen LogP contribution in [0.25, 0.3) is 0 Å². The summed E-state index contributed by atoms with van der Waals surface area (Å²) in [5.41, 5.74) is 0.560. The van der Waals surface area contributed by atoms with Crippen LogP contribution in [0.2, 0.25) is 0 Å². The number of alkyl halides is 3. The first-order chi connectivity index (χ1) is 10.9. The molecule has 6 nitrogen and oxygen atoms in total. The van der Waals surface area contributed by atoms with Crippen LogP contribution in [0.15, 0.2) is 41.1 Å². The lowest BCUT2D eigenvalue weighted by Gasteiger charge is -2.10. The van der Waals surface area contributed by atoms with Crippen molar-refractivity contribution in [1.29, 1.82) is 0 Å². The summed E-state index contributed by atoms with van der Waals surface area (Å²) in [5.74, 6) is 0.449. The largest absolute Gasteiger partial charge is 0.468 e. The fourth-order valence-electron chi connectivity index (χ4n) is 1.62. The standard InChI is InChI=1S/C14H14F3N3O3/c15-14(16,17)9-23-12-6-10(3-4-18-12)7-19-13(21)20-8-11-2-1-5-22-11/h1-6H,7-9H2,(H2,19,20,21). The summed E-state index contributed by atoms with van der Waals surface area (Å²) in [5, 5.41) is 5.14. The van der Waals surface area contributed by atoms with Gasteiger partial charge in [0.2, 0.25) is 5.88 Å². The van der Waals surface area contributed by atoms with E-state index in [2.05, 4.69) is 20.4 Å². The average molecular weight is 329 g/mol. The van der Waals surface area contributed by atoms with E-state index in [1.165, 1.54) is 18.5 Å². The van der Waals surface area contributed by atoms with Gasteiger partial charge in [-0.05, 0) is 23.8 Å². The zero-order valence-corrected chi connectivity index (χ0v) is 11.9. The number of halogens is 3. The predicted octanol–water partition coefficient (Wildman–Crippen LogP) is 2.62. The molecule has 2 rings (SSSR count). The monoisotopic (exact) mass is 329 g/mol. The van der Waals surface area contributed by atoms with Crippen LogP contribution in [0.3, 0.4) is 0 Å². The summed E-state index contributed by atoms with van der Waals surface area (Å²) in [4.78, 5) is 15.3. The summed E-state index contributed by atoms with van der Waals surface area (Å²) in [6, 6.07) is 5.88. The molecule has 124 valence electrons. The Kier molecular flexibility index (Phi) is 5.45. The van der Waals surface area contributed by atoms with E-state index in [0.29, 0.717) is 11.3 Å². The third kappa shape index (κ3) is 6.29. The van der Waals surface area contributed by atoms with E-state index in [1.807, 2.05) is 0 Å². The van der Waals surface area contributed by atoms with E-state index in [1.54, 1.807) is 18.2 Å². The zero-order valence-electron chi connectivity index (χ0n) is 11.9. The molecule has 0 radical (unpaired) electrons. The van der Waals surface area contributed by atoms with Crippen molar-refractivity contribution in [3.63, 3.8) is 0 Å². The maximum absolute atomic E-state index is 12.1. The lowest BCUT2D eigenvalue weighted by Crippen LogP contribution is -2.34. The highest BCUT2D eigenvalue weighted by Crippen LogP contribution is 2.17. The molecule has 0 atom stereocenters. The molecule has 0 spiro atoms. The van der Waals surface area contributed by atoms with Crippen molar-refractivity contribution in [3.05, 3.63) is 48.0 Å². The molecule has 2 amide bonds. The molecule has 0 saturated heterocycles. The number of nitrogens with zero attached hydrogens (tertiary/aromatic N) is 1. The summed E-state index contributed by atoms with van der Waals surface area (Å²) in [6.45, 7) is -1.06. The van der Waals surface area contributed by atoms with Crippen LogP contribution in [-0.2, 0) is 13.1 Å². The molecule has 2 aromatic heterocycles. The molecule has 0 fully saturated rings. The van der Waals surface area contributed by atoms with Crippen LogP contribution in [0.1, 0.15) is 11.3 Å². The third-order valence-corrected chi connectivity index (χ3v) is 2.64. The Morgan fingerprint density at radius 1 is 1.26 bits per heavy atom. The average Bonchev–Trinajstić information content (AvgIpc) is 3.02. The number of hydrogen-bond acceptors (Lipinski definition) is 4. The number of carbonyl (C=O) groups excluding carboxylic acids is 1. The summed E-state index contributed by atoms with van der Waals surface area (Å²) in [7, 11) is 0. The number of furan rings is 1. The van der Waals surface area contributed by atoms with Crippen LogP contribution in [-0.4, -0.2) is 23.8 Å². The lowest BCUT2D eigenvalue weighted by molar-refractivity contribution is -0.154. The zero-order chi connectivity index (χ0) is 16.7.